The van der Waals surface area contributed by atoms with Gasteiger partial charge < -0.3 is 14.9 Å². The molecule has 0 aromatic carbocycles. The molecule has 4 aromatic rings. The minimum Gasteiger partial charge on any atom is -0.368 e. The maximum atomic E-state index is 14.6. The average molecular weight is 447 g/mol. The van der Waals surface area contributed by atoms with Crippen molar-refractivity contribution in [3.8, 4) is 11.4 Å². The van der Waals surface area contributed by atoms with Crippen LogP contribution in [0.4, 0.5) is 14.6 Å². The molecule has 0 spiro atoms. The summed E-state index contributed by atoms with van der Waals surface area (Å²) in [5.41, 5.74) is 4.01. The van der Waals surface area contributed by atoms with Crippen molar-refractivity contribution in [3.63, 3.8) is 0 Å². The second-order valence-corrected chi connectivity index (χ2v) is 8.17. The van der Waals surface area contributed by atoms with Crippen molar-refractivity contribution in [3.05, 3.63) is 65.8 Å². The quantitative estimate of drug-likeness (QED) is 0.418. The van der Waals surface area contributed by atoms with Crippen molar-refractivity contribution in [2.45, 2.75) is 32.7 Å². The molecule has 4 heterocycles. The summed E-state index contributed by atoms with van der Waals surface area (Å²) in [4.78, 5) is 20.8. The zero-order chi connectivity index (χ0) is 22.9. The molecule has 0 radical (unpaired) electrons. The van der Waals surface area contributed by atoms with Gasteiger partial charge in [-0.25, -0.2) is 23.7 Å². The van der Waals surface area contributed by atoms with Crippen LogP contribution in [0.2, 0.25) is 0 Å². The number of H-pyrrole nitrogens is 1. The Hall–Kier alpha value is -3.88. The molecule has 1 aliphatic carbocycles. The van der Waals surface area contributed by atoms with E-state index < -0.39 is 5.82 Å². The predicted octanol–water partition coefficient (Wildman–Crippen LogP) is 5.32. The molecule has 5 rings (SSSR count). The van der Waals surface area contributed by atoms with Crippen LogP contribution in [0.5, 0.6) is 0 Å². The Morgan fingerprint density at radius 2 is 2.09 bits per heavy atom. The number of imidazole rings is 1. The number of fused-ring (bicyclic) bond motifs is 2. The SMILES string of the molecule is CC(C)n1cnc2c(NCCc3c[nH]c4c3C(F)=CCC=C4)nc(-c3cncc(F)c3)nc21. The van der Waals surface area contributed by atoms with Crippen LogP contribution in [0, 0.1) is 5.82 Å². The number of allylic oxidation sites excluding steroid dienone is 2. The van der Waals surface area contributed by atoms with Gasteiger partial charge in [0.05, 0.1) is 12.5 Å². The van der Waals surface area contributed by atoms with Gasteiger partial charge in [0.25, 0.3) is 0 Å². The highest BCUT2D eigenvalue weighted by molar-refractivity contribution is 5.85. The van der Waals surface area contributed by atoms with Gasteiger partial charge >= 0.3 is 0 Å². The van der Waals surface area contributed by atoms with E-state index in [0.29, 0.717) is 53.3 Å². The van der Waals surface area contributed by atoms with E-state index in [1.807, 2.05) is 36.8 Å². The van der Waals surface area contributed by atoms with Crippen LogP contribution in [0.3, 0.4) is 0 Å². The summed E-state index contributed by atoms with van der Waals surface area (Å²) >= 11 is 0. The standard InChI is InChI=1S/C24H23F2N7/c1-14(2)33-13-30-21-23(31-22(32-24(21)33)16-9-17(25)12-27-10-16)28-8-7-15-11-29-19-6-4-3-5-18(26)20(15)19/h4-6,9-14,29H,3,7-8H2,1-2H3,(H,28,31,32). The number of nitrogens with zero attached hydrogens (tertiary/aromatic N) is 5. The highest BCUT2D eigenvalue weighted by Gasteiger charge is 2.18. The first-order valence-electron chi connectivity index (χ1n) is 10.8. The monoisotopic (exact) mass is 447 g/mol. The zero-order valence-corrected chi connectivity index (χ0v) is 18.3. The lowest BCUT2D eigenvalue weighted by Gasteiger charge is -2.11. The molecular formula is C24H23F2N7. The Morgan fingerprint density at radius 1 is 1.21 bits per heavy atom. The van der Waals surface area contributed by atoms with Crippen LogP contribution in [0.1, 0.15) is 43.1 Å². The van der Waals surface area contributed by atoms with Crippen LogP contribution >= 0.6 is 0 Å². The largest absolute Gasteiger partial charge is 0.368 e. The number of rotatable bonds is 6. The fourth-order valence-electron chi connectivity index (χ4n) is 3.95. The van der Waals surface area contributed by atoms with Gasteiger partial charge in [0, 0.05) is 41.8 Å². The van der Waals surface area contributed by atoms with Crippen LogP contribution in [-0.2, 0) is 6.42 Å². The molecule has 1 aliphatic rings. The lowest BCUT2D eigenvalue weighted by Crippen LogP contribution is -2.09. The second-order valence-electron chi connectivity index (χ2n) is 8.17. The van der Waals surface area contributed by atoms with E-state index >= 15 is 0 Å². The zero-order valence-electron chi connectivity index (χ0n) is 18.3. The molecule has 0 saturated carbocycles. The lowest BCUT2D eigenvalue weighted by molar-refractivity contribution is 0.612. The Kier molecular flexibility index (Phi) is 5.45. The molecule has 0 aliphatic heterocycles. The van der Waals surface area contributed by atoms with Crippen LogP contribution < -0.4 is 5.32 Å². The van der Waals surface area contributed by atoms with Crippen LogP contribution in [0.15, 0.2) is 43.1 Å². The molecule has 4 aromatic heterocycles. The molecule has 168 valence electrons. The van der Waals surface area contributed by atoms with Crippen molar-refractivity contribution in [1.29, 1.82) is 0 Å². The molecule has 0 saturated heterocycles. The number of hydrogen-bond acceptors (Lipinski definition) is 5. The summed E-state index contributed by atoms with van der Waals surface area (Å²) < 4.78 is 30.3. The first-order valence-corrected chi connectivity index (χ1v) is 10.8. The van der Waals surface area contributed by atoms with Gasteiger partial charge in [-0.3, -0.25) is 4.98 Å². The number of aromatic nitrogens is 6. The predicted molar refractivity (Wildman–Crippen MR) is 125 cm³/mol. The van der Waals surface area contributed by atoms with E-state index in [4.69, 9.17) is 0 Å². The number of pyridine rings is 1. The van der Waals surface area contributed by atoms with E-state index in [0.717, 1.165) is 17.5 Å². The third-order valence-electron chi connectivity index (χ3n) is 5.58. The van der Waals surface area contributed by atoms with E-state index in [1.54, 1.807) is 12.4 Å². The van der Waals surface area contributed by atoms with E-state index in [9.17, 15) is 8.78 Å². The minimum absolute atomic E-state index is 0.134. The summed E-state index contributed by atoms with van der Waals surface area (Å²) in [5, 5.41) is 3.33. The van der Waals surface area contributed by atoms with Crippen molar-refractivity contribution in [1.82, 2.24) is 29.5 Å². The van der Waals surface area contributed by atoms with E-state index in [2.05, 4.69) is 30.2 Å². The van der Waals surface area contributed by atoms with Crippen molar-refractivity contribution in [2.24, 2.45) is 0 Å². The second kappa shape index (κ2) is 8.57. The molecule has 0 fully saturated rings. The summed E-state index contributed by atoms with van der Waals surface area (Å²) in [6, 6.07) is 1.49. The molecule has 0 amide bonds. The number of halogens is 2. The number of aromatic amines is 1. The number of anilines is 1. The molecule has 7 nitrogen and oxygen atoms in total. The van der Waals surface area contributed by atoms with Gasteiger partial charge in [0.2, 0.25) is 0 Å². The van der Waals surface area contributed by atoms with Crippen LogP contribution in [-0.4, -0.2) is 36.0 Å². The van der Waals surface area contributed by atoms with Crippen molar-refractivity contribution in [2.75, 3.05) is 11.9 Å². The first kappa shape index (κ1) is 21.0. The van der Waals surface area contributed by atoms with E-state index in [1.165, 1.54) is 12.3 Å². The van der Waals surface area contributed by atoms with E-state index in [-0.39, 0.29) is 11.9 Å². The van der Waals surface area contributed by atoms with Gasteiger partial charge in [0.1, 0.15) is 17.2 Å². The van der Waals surface area contributed by atoms with Gasteiger partial charge in [-0.15, -0.1) is 0 Å². The summed E-state index contributed by atoms with van der Waals surface area (Å²) in [7, 11) is 0. The van der Waals surface area contributed by atoms with Gasteiger partial charge in [-0.05, 0) is 50.5 Å². The fourth-order valence-corrected chi connectivity index (χ4v) is 3.95. The molecule has 0 atom stereocenters. The van der Waals surface area contributed by atoms with Gasteiger partial charge in [0.15, 0.2) is 17.3 Å². The Labute approximate surface area is 189 Å². The topological polar surface area (TPSA) is 84.3 Å². The first-order chi connectivity index (χ1) is 16.0. The third kappa shape index (κ3) is 4.02. The lowest BCUT2D eigenvalue weighted by atomic mass is 10.1. The summed E-state index contributed by atoms with van der Waals surface area (Å²) in [6.07, 6.45) is 12.8. The highest BCUT2D eigenvalue weighted by atomic mass is 19.1. The van der Waals surface area contributed by atoms with Crippen molar-refractivity contribution < 1.29 is 8.78 Å². The molecule has 33 heavy (non-hydrogen) atoms. The molecule has 0 bridgehead atoms. The summed E-state index contributed by atoms with van der Waals surface area (Å²) in [6.45, 7) is 4.57. The van der Waals surface area contributed by atoms with Gasteiger partial charge in [-0.2, -0.15) is 0 Å². The Bertz CT molecular complexity index is 1380. The highest BCUT2D eigenvalue weighted by Crippen LogP contribution is 2.30. The smallest absolute Gasteiger partial charge is 0.166 e. The maximum Gasteiger partial charge on any atom is 0.166 e. The normalized spacial score (nSPS) is 13.3. The number of hydrogen-bond donors (Lipinski definition) is 2. The molecule has 2 N–H and O–H groups in total. The molecule has 0 unspecified atom stereocenters. The molecule has 9 heteroatoms. The number of nitrogens with one attached hydrogen (secondary N) is 2. The molecular weight excluding hydrogens is 424 g/mol. The maximum absolute atomic E-state index is 14.6. The third-order valence-corrected chi connectivity index (χ3v) is 5.58. The van der Waals surface area contributed by atoms with Crippen LogP contribution in [0.25, 0.3) is 34.5 Å². The fraction of sp³-hybridized carbons (Fsp3) is 0.250. The Balaban J connectivity index is 1.47. The Morgan fingerprint density at radius 3 is 2.91 bits per heavy atom. The summed E-state index contributed by atoms with van der Waals surface area (Å²) in [5.74, 6) is 0.220. The van der Waals surface area contributed by atoms with Gasteiger partial charge in [-0.1, -0.05) is 6.08 Å². The average Bonchev–Trinajstić information content (AvgIpc) is 3.36. The van der Waals surface area contributed by atoms with Crippen molar-refractivity contribution >= 4 is 28.9 Å². The minimum atomic E-state index is -0.458.